The molecule has 0 unspecified atom stereocenters. The summed E-state index contributed by atoms with van der Waals surface area (Å²) in [6.07, 6.45) is 1.74. The number of anilines is 2. The number of benzene rings is 2. The highest BCUT2D eigenvalue weighted by molar-refractivity contribution is 9.10. The van der Waals surface area contributed by atoms with Crippen LogP contribution in [0.25, 0.3) is 10.9 Å². The van der Waals surface area contributed by atoms with Gasteiger partial charge in [-0.25, -0.2) is 0 Å². The van der Waals surface area contributed by atoms with Crippen molar-refractivity contribution in [2.45, 2.75) is 0 Å². The van der Waals surface area contributed by atoms with Gasteiger partial charge in [0.25, 0.3) is 0 Å². The predicted octanol–water partition coefficient (Wildman–Crippen LogP) is 4.14. The molecule has 0 radical (unpaired) electrons. The lowest BCUT2D eigenvalue weighted by Crippen LogP contribution is -1.94. The van der Waals surface area contributed by atoms with Crippen molar-refractivity contribution < 1.29 is 0 Å². The van der Waals surface area contributed by atoms with Gasteiger partial charge in [0, 0.05) is 15.5 Å². The van der Waals surface area contributed by atoms with E-state index in [4.69, 9.17) is 0 Å². The third-order valence-electron chi connectivity index (χ3n) is 2.65. The van der Waals surface area contributed by atoms with Crippen LogP contribution in [0.2, 0.25) is 0 Å². The zero-order valence-corrected chi connectivity index (χ0v) is 11.1. The minimum absolute atomic E-state index is 0.874. The van der Waals surface area contributed by atoms with E-state index in [1.165, 1.54) is 0 Å². The van der Waals surface area contributed by atoms with Crippen molar-refractivity contribution in [1.29, 1.82) is 0 Å². The highest BCUT2D eigenvalue weighted by atomic mass is 79.9. The first-order chi connectivity index (χ1) is 8.83. The predicted molar refractivity (Wildman–Crippen MR) is 77.0 cm³/mol. The molecular weight excluding hydrogens is 290 g/mol. The summed E-state index contributed by atoms with van der Waals surface area (Å²) in [5.74, 6) is 0. The first kappa shape index (κ1) is 11.2. The summed E-state index contributed by atoms with van der Waals surface area (Å²) in [6, 6.07) is 16.0. The van der Waals surface area contributed by atoms with Crippen molar-refractivity contribution in [3.05, 3.63) is 59.2 Å². The van der Waals surface area contributed by atoms with Gasteiger partial charge in [-0.05, 0) is 30.3 Å². The highest BCUT2D eigenvalue weighted by Gasteiger charge is 2.03. The Labute approximate surface area is 113 Å². The van der Waals surface area contributed by atoms with E-state index >= 15 is 0 Å². The molecule has 88 valence electrons. The van der Waals surface area contributed by atoms with Crippen LogP contribution in [0.1, 0.15) is 0 Å². The second kappa shape index (κ2) is 4.74. The molecule has 1 N–H and O–H groups in total. The van der Waals surface area contributed by atoms with Crippen molar-refractivity contribution in [3.63, 3.8) is 0 Å². The van der Waals surface area contributed by atoms with Crippen molar-refractivity contribution in [1.82, 2.24) is 10.2 Å². The maximum atomic E-state index is 4.11. The van der Waals surface area contributed by atoms with Gasteiger partial charge in [-0.15, -0.1) is 0 Å². The average molecular weight is 300 g/mol. The number of hydrogen-bond acceptors (Lipinski definition) is 3. The van der Waals surface area contributed by atoms with Gasteiger partial charge < -0.3 is 5.32 Å². The molecule has 0 atom stereocenters. The molecule has 0 aliphatic carbocycles. The third-order valence-corrected chi connectivity index (χ3v) is 3.15. The van der Waals surface area contributed by atoms with Crippen molar-refractivity contribution >= 4 is 38.2 Å². The van der Waals surface area contributed by atoms with E-state index in [0.29, 0.717) is 0 Å². The summed E-state index contributed by atoms with van der Waals surface area (Å²) in [6.45, 7) is 0. The Balaban J connectivity index is 2.09. The fourth-order valence-electron chi connectivity index (χ4n) is 1.81. The van der Waals surface area contributed by atoms with E-state index in [-0.39, 0.29) is 0 Å². The maximum absolute atomic E-state index is 4.11. The second-order valence-electron chi connectivity index (χ2n) is 3.91. The lowest BCUT2D eigenvalue weighted by atomic mass is 10.2. The Bertz CT molecular complexity index is 683. The molecular formula is C14H10BrN3. The molecule has 0 spiro atoms. The lowest BCUT2D eigenvalue weighted by Gasteiger charge is -2.08. The van der Waals surface area contributed by atoms with E-state index in [0.717, 1.165) is 26.8 Å². The number of nitrogens with one attached hydrogen (secondary N) is 1. The second-order valence-corrected chi connectivity index (χ2v) is 4.83. The standard InChI is InChI=1S/C14H10BrN3/c15-10-6-7-13-12(8-10)14(9-16-18-13)17-11-4-2-1-3-5-11/h1-9H,(H,17,18). The first-order valence-electron chi connectivity index (χ1n) is 5.56. The largest absolute Gasteiger partial charge is 0.354 e. The van der Waals surface area contributed by atoms with Crippen molar-refractivity contribution in [2.75, 3.05) is 5.32 Å². The quantitative estimate of drug-likeness (QED) is 0.773. The summed E-state index contributed by atoms with van der Waals surface area (Å²) >= 11 is 3.48. The molecule has 0 fully saturated rings. The SMILES string of the molecule is Brc1ccc2nncc(Nc3ccccc3)c2c1. The number of para-hydroxylation sites is 1. The monoisotopic (exact) mass is 299 g/mol. The summed E-state index contributed by atoms with van der Waals surface area (Å²) < 4.78 is 1.03. The van der Waals surface area contributed by atoms with Gasteiger partial charge >= 0.3 is 0 Å². The van der Waals surface area contributed by atoms with Gasteiger partial charge in [-0.2, -0.15) is 10.2 Å². The molecule has 0 amide bonds. The van der Waals surface area contributed by atoms with Crippen LogP contribution >= 0.6 is 15.9 Å². The number of fused-ring (bicyclic) bond motifs is 1. The van der Waals surface area contributed by atoms with Crippen LogP contribution in [0, 0.1) is 0 Å². The van der Waals surface area contributed by atoms with Crippen LogP contribution in [0.3, 0.4) is 0 Å². The third kappa shape index (κ3) is 2.19. The normalized spacial score (nSPS) is 10.5. The van der Waals surface area contributed by atoms with E-state index in [1.807, 2.05) is 48.5 Å². The van der Waals surface area contributed by atoms with E-state index in [2.05, 4.69) is 31.4 Å². The van der Waals surface area contributed by atoms with E-state index < -0.39 is 0 Å². The molecule has 0 bridgehead atoms. The lowest BCUT2D eigenvalue weighted by molar-refractivity contribution is 1.08. The summed E-state index contributed by atoms with van der Waals surface area (Å²) in [4.78, 5) is 0. The fourth-order valence-corrected chi connectivity index (χ4v) is 2.17. The zero-order valence-electron chi connectivity index (χ0n) is 9.47. The topological polar surface area (TPSA) is 37.8 Å². The Morgan fingerprint density at radius 1 is 1.00 bits per heavy atom. The summed E-state index contributed by atoms with van der Waals surface area (Å²) in [5.41, 5.74) is 2.86. The van der Waals surface area contributed by atoms with Crippen molar-refractivity contribution in [3.8, 4) is 0 Å². The van der Waals surface area contributed by atoms with Gasteiger partial charge in [0.05, 0.1) is 17.4 Å². The Morgan fingerprint density at radius 3 is 2.67 bits per heavy atom. The number of hydrogen-bond donors (Lipinski definition) is 1. The minimum Gasteiger partial charge on any atom is -0.354 e. The van der Waals surface area contributed by atoms with Gasteiger partial charge in [-0.3, -0.25) is 0 Å². The molecule has 2 aromatic carbocycles. The van der Waals surface area contributed by atoms with Gasteiger partial charge in [-0.1, -0.05) is 34.1 Å². The molecule has 1 heterocycles. The summed E-state index contributed by atoms with van der Waals surface area (Å²) in [5, 5.41) is 12.5. The summed E-state index contributed by atoms with van der Waals surface area (Å²) in [7, 11) is 0. The van der Waals surface area contributed by atoms with Crippen LogP contribution in [-0.4, -0.2) is 10.2 Å². The molecule has 3 nitrogen and oxygen atoms in total. The van der Waals surface area contributed by atoms with Crippen LogP contribution < -0.4 is 5.32 Å². The van der Waals surface area contributed by atoms with Gasteiger partial charge in [0.1, 0.15) is 0 Å². The Kier molecular flexibility index (Phi) is 2.94. The Hall–Kier alpha value is -1.94. The molecule has 4 heteroatoms. The molecule has 0 saturated carbocycles. The molecule has 0 aliphatic rings. The van der Waals surface area contributed by atoms with Crippen LogP contribution in [0.4, 0.5) is 11.4 Å². The molecule has 0 aliphatic heterocycles. The smallest absolute Gasteiger partial charge is 0.0951 e. The van der Waals surface area contributed by atoms with Crippen molar-refractivity contribution in [2.24, 2.45) is 0 Å². The van der Waals surface area contributed by atoms with Gasteiger partial charge in [0.2, 0.25) is 0 Å². The minimum atomic E-state index is 0.874. The first-order valence-corrected chi connectivity index (χ1v) is 6.35. The fraction of sp³-hybridized carbons (Fsp3) is 0. The molecule has 1 aromatic heterocycles. The zero-order chi connectivity index (χ0) is 12.4. The number of rotatable bonds is 2. The number of halogens is 1. The number of aromatic nitrogens is 2. The molecule has 0 saturated heterocycles. The molecule has 3 aromatic rings. The van der Waals surface area contributed by atoms with Crippen LogP contribution in [-0.2, 0) is 0 Å². The maximum Gasteiger partial charge on any atom is 0.0951 e. The van der Waals surface area contributed by atoms with Crippen LogP contribution in [0.15, 0.2) is 59.2 Å². The Morgan fingerprint density at radius 2 is 1.83 bits per heavy atom. The van der Waals surface area contributed by atoms with E-state index in [1.54, 1.807) is 6.20 Å². The molecule has 3 rings (SSSR count). The van der Waals surface area contributed by atoms with E-state index in [9.17, 15) is 0 Å². The van der Waals surface area contributed by atoms with Crippen LogP contribution in [0.5, 0.6) is 0 Å². The number of nitrogens with zero attached hydrogens (tertiary/aromatic N) is 2. The molecule has 18 heavy (non-hydrogen) atoms. The average Bonchev–Trinajstić information content (AvgIpc) is 2.41. The van der Waals surface area contributed by atoms with Gasteiger partial charge in [0.15, 0.2) is 0 Å². The highest BCUT2D eigenvalue weighted by Crippen LogP contribution is 2.26.